The standard InChI is InChI=1S/C28H35N3O3S/c1-35(33,34)24-18-16-21(17-19-24)28-29-25-14-8-9-15-26(25)30(28)20-27(32)31(22-10-4-2-5-11-22)23-12-6-3-7-13-23/h8-9,14-19,22-23H,2-7,10-13,20H2,1H3. The molecule has 2 aliphatic carbocycles. The highest BCUT2D eigenvalue weighted by Crippen LogP contribution is 2.32. The topological polar surface area (TPSA) is 72.3 Å². The lowest BCUT2D eigenvalue weighted by atomic mass is 9.88. The molecule has 0 atom stereocenters. The maximum atomic E-state index is 14.0. The molecule has 0 N–H and O–H groups in total. The van der Waals surface area contributed by atoms with E-state index in [-0.39, 0.29) is 17.3 Å². The number of carbonyl (C=O) groups excluding carboxylic acids is 1. The number of imidazole rings is 1. The Labute approximate surface area is 208 Å². The van der Waals surface area contributed by atoms with Gasteiger partial charge in [-0.15, -0.1) is 0 Å². The van der Waals surface area contributed by atoms with Crippen molar-refractivity contribution in [3.63, 3.8) is 0 Å². The molecule has 2 fully saturated rings. The number of aromatic nitrogens is 2. The maximum absolute atomic E-state index is 14.0. The van der Waals surface area contributed by atoms with Crippen LogP contribution in [0.2, 0.25) is 0 Å². The summed E-state index contributed by atoms with van der Waals surface area (Å²) < 4.78 is 25.9. The van der Waals surface area contributed by atoms with Crippen LogP contribution in [0, 0.1) is 0 Å². The summed E-state index contributed by atoms with van der Waals surface area (Å²) in [6.45, 7) is 0.247. The molecule has 0 radical (unpaired) electrons. The van der Waals surface area contributed by atoms with E-state index in [2.05, 4.69) is 4.90 Å². The fourth-order valence-corrected chi connectivity index (χ4v) is 6.58. The van der Waals surface area contributed by atoms with E-state index in [9.17, 15) is 13.2 Å². The first kappa shape index (κ1) is 24.0. The zero-order valence-electron chi connectivity index (χ0n) is 20.5. The Morgan fingerprint density at radius 3 is 2.03 bits per heavy atom. The molecule has 3 aromatic rings. The second-order valence-corrected chi connectivity index (χ2v) is 12.2. The van der Waals surface area contributed by atoms with Crippen molar-refractivity contribution in [2.75, 3.05) is 6.26 Å². The molecule has 6 nitrogen and oxygen atoms in total. The highest BCUT2D eigenvalue weighted by molar-refractivity contribution is 7.90. The van der Waals surface area contributed by atoms with E-state index < -0.39 is 9.84 Å². The first-order valence-corrected chi connectivity index (χ1v) is 14.9. The summed E-state index contributed by atoms with van der Waals surface area (Å²) in [6, 6.07) is 15.4. The summed E-state index contributed by atoms with van der Waals surface area (Å²) in [4.78, 5) is 21.4. The maximum Gasteiger partial charge on any atom is 0.243 e. The molecule has 0 bridgehead atoms. The molecule has 35 heavy (non-hydrogen) atoms. The highest BCUT2D eigenvalue weighted by atomic mass is 32.2. The third-order valence-electron chi connectivity index (χ3n) is 7.71. The number of nitrogens with zero attached hydrogens (tertiary/aromatic N) is 3. The van der Waals surface area contributed by atoms with Gasteiger partial charge in [-0.2, -0.15) is 0 Å². The van der Waals surface area contributed by atoms with Crippen molar-refractivity contribution >= 4 is 26.8 Å². The predicted molar refractivity (Wildman–Crippen MR) is 139 cm³/mol. The van der Waals surface area contributed by atoms with Gasteiger partial charge >= 0.3 is 0 Å². The van der Waals surface area contributed by atoms with Gasteiger partial charge in [0.1, 0.15) is 12.4 Å². The Hall–Kier alpha value is -2.67. The van der Waals surface area contributed by atoms with Crippen molar-refractivity contribution in [1.82, 2.24) is 14.5 Å². The first-order valence-electron chi connectivity index (χ1n) is 13.0. The zero-order chi connectivity index (χ0) is 24.4. The smallest absolute Gasteiger partial charge is 0.243 e. The Bertz CT molecular complexity index is 1270. The zero-order valence-corrected chi connectivity index (χ0v) is 21.3. The lowest BCUT2D eigenvalue weighted by molar-refractivity contribution is -0.138. The summed E-state index contributed by atoms with van der Waals surface area (Å²) in [7, 11) is -3.28. The van der Waals surface area contributed by atoms with Crippen LogP contribution in [0.3, 0.4) is 0 Å². The Morgan fingerprint density at radius 2 is 1.46 bits per heavy atom. The van der Waals surface area contributed by atoms with Gasteiger partial charge in [-0.1, -0.05) is 50.7 Å². The minimum absolute atomic E-state index is 0.181. The van der Waals surface area contributed by atoms with Crippen LogP contribution in [0.15, 0.2) is 53.4 Å². The van der Waals surface area contributed by atoms with Crippen molar-refractivity contribution < 1.29 is 13.2 Å². The van der Waals surface area contributed by atoms with Crippen molar-refractivity contribution in [2.24, 2.45) is 0 Å². The Morgan fingerprint density at radius 1 is 0.886 bits per heavy atom. The summed E-state index contributed by atoms with van der Waals surface area (Å²) in [5.74, 6) is 0.882. The second kappa shape index (κ2) is 10.1. The van der Waals surface area contributed by atoms with Gasteiger partial charge in [-0.3, -0.25) is 4.79 Å². The summed E-state index contributed by atoms with van der Waals surface area (Å²) >= 11 is 0. The molecule has 1 amide bonds. The molecule has 186 valence electrons. The molecule has 2 aliphatic rings. The third-order valence-corrected chi connectivity index (χ3v) is 8.84. The average Bonchev–Trinajstić information content (AvgIpc) is 3.23. The Kier molecular flexibility index (Phi) is 6.96. The molecule has 0 saturated heterocycles. The molecule has 1 aromatic heterocycles. The Balaban J connectivity index is 1.51. The van der Waals surface area contributed by atoms with E-state index in [1.165, 1.54) is 44.8 Å². The molecule has 0 unspecified atom stereocenters. The fourth-order valence-electron chi connectivity index (χ4n) is 5.95. The monoisotopic (exact) mass is 493 g/mol. The molecular weight excluding hydrogens is 458 g/mol. The van der Waals surface area contributed by atoms with Gasteiger partial charge in [-0.05, 0) is 62.1 Å². The number of fused-ring (bicyclic) bond motifs is 1. The van der Waals surface area contributed by atoms with Gasteiger partial charge in [0.15, 0.2) is 9.84 Å². The van der Waals surface area contributed by atoms with Gasteiger partial charge in [0.05, 0.1) is 15.9 Å². The molecule has 0 aliphatic heterocycles. The third kappa shape index (κ3) is 5.15. The van der Waals surface area contributed by atoms with Gasteiger partial charge in [0.2, 0.25) is 5.91 Å². The first-order chi connectivity index (χ1) is 16.9. The lowest BCUT2D eigenvalue weighted by Gasteiger charge is -2.42. The molecule has 2 saturated carbocycles. The van der Waals surface area contributed by atoms with Crippen LogP contribution in [0.5, 0.6) is 0 Å². The van der Waals surface area contributed by atoms with E-state index in [0.29, 0.717) is 17.9 Å². The van der Waals surface area contributed by atoms with Crippen molar-refractivity contribution in [2.45, 2.75) is 87.7 Å². The van der Waals surface area contributed by atoms with Crippen LogP contribution >= 0.6 is 0 Å². The number of hydrogen-bond donors (Lipinski definition) is 0. The van der Waals surface area contributed by atoms with Gasteiger partial charge in [-0.25, -0.2) is 13.4 Å². The predicted octanol–water partition coefficient (Wildman–Crippen LogP) is 5.60. The summed E-state index contributed by atoms with van der Waals surface area (Å²) in [5, 5.41) is 0. The average molecular weight is 494 g/mol. The van der Waals surface area contributed by atoms with Crippen LogP contribution in [0.25, 0.3) is 22.4 Å². The molecule has 1 heterocycles. The number of sulfone groups is 1. The molecular formula is C28H35N3O3S. The molecule has 2 aromatic carbocycles. The normalized spacial score (nSPS) is 18.1. The molecule has 5 rings (SSSR count). The SMILES string of the molecule is CS(=O)(=O)c1ccc(-c2nc3ccccc3n2CC(=O)N(C2CCCCC2)C2CCCCC2)cc1. The minimum atomic E-state index is -3.28. The quantitative estimate of drug-likeness (QED) is 0.448. The van der Waals surface area contributed by atoms with Gasteiger partial charge < -0.3 is 9.47 Å². The lowest BCUT2D eigenvalue weighted by Crippen LogP contribution is -2.50. The van der Waals surface area contributed by atoms with E-state index in [4.69, 9.17) is 4.98 Å². The number of benzene rings is 2. The summed E-state index contributed by atoms with van der Waals surface area (Å²) in [5.41, 5.74) is 2.57. The summed E-state index contributed by atoms with van der Waals surface area (Å²) in [6.07, 6.45) is 13.0. The number of amides is 1. The van der Waals surface area contributed by atoms with Crippen molar-refractivity contribution in [3.05, 3.63) is 48.5 Å². The van der Waals surface area contributed by atoms with Crippen LogP contribution in [-0.2, 0) is 21.2 Å². The van der Waals surface area contributed by atoms with Crippen LogP contribution in [0.4, 0.5) is 0 Å². The second-order valence-electron chi connectivity index (χ2n) is 10.2. The highest BCUT2D eigenvalue weighted by Gasteiger charge is 2.33. The van der Waals surface area contributed by atoms with Gasteiger partial charge in [0.25, 0.3) is 0 Å². The molecule has 0 spiro atoms. The van der Waals surface area contributed by atoms with Crippen LogP contribution < -0.4 is 0 Å². The fraction of sp³-hybridized carbons (Fsp3) is 0.500. The molecule has 7 heteroatoms. The number of rotatable bonds is 6. The largest absolute Gasteiger partial charge is 0.335 e. The number of carbonyl (C=O) groups is 1. The number of hydrogen-bond acceptors (Lipinski definition) is 4. The van der Waals surface area contributed by atoms with Crippen molar-refractivity contribution in [1.29, 1.82) is 0 Å². The van der Waals surface area contributed by atoms with E-state index >= 15 is 0 Å². The van der Waals surface area contributed by atoms with Gasteiger partial charge in [0, 0.05) is 23.9 Å². The van der Waals surface area contributed by atoms with E-state index in [0.717, 1.165) is 42.3 Å². The van der Waals surface area contributed by atoms with Crippen LogP contribution in [0.1, 0.15) is 64.2 Å². The van der Waals surface area contributed by atoms with Crippen molar-refractivity contribution in [3.8, 4) is 11.4 Å². The van der Waals surface area contributed by atoms with E-state index in [1.54, 1.807) is 24.3 Å². The van der Waals surface area contributed by atoms with E-state index in [1.807, 2.05) is 28.8 Å². The number of para-hydroxylation sites is 2. The minimum Gasteiger partial charge on any atom is -0.335 e. The van der Waals surface area contributed by atoms with Crippen LogP contribution in [-0.4, -0.2) is 47.1 Å².